The summed E-state index contributed by atoms with van der Waals surface area (Å²) in [6.45, 7) is 5.33. The molecular formula is C10H20N2O5S. The molecule has 0 aromatic rings. The second-order valence-electron chi connectivity index (χ2n) is 3.88. The molecule has 0 saturated carbocycles. The number of rotatable bonds is 8. The summed E-state index contributed by atoms with van der Waals surface area (Å²) in [6.07, 6.45) is 0. The van der Waals surface area contributed by atoms with Crippen LogP contribution in [0.4, 0.5) is 0 Å². The van der Waals surface area contributed by atoms with Crippen LogP contribution >= 0.6 is 0 Å². The van der Waals surface area contributed by atoms with Crippen LogP contribution in [0.3, 0.4) is 0 Å². The standard InChI is InChI=1S/C10H20N2O5S/c1-4-12(5-2)18(16,17)7-9(13)11-6-8(3)10(14)15/h8H,4-7H2,1-3H3,(H,11,13)(H,14,15). The summed E-state index contributed by atoms with van der Waals surface area (Å²) >= 11 is 0. The first-order chi connectivity index (χ1) is 8.24. The second kappa shape index (κ2) is 7.32. The quantitative estimate of drug-likeness (QED) is 0.623. The van der Waals surface area contributed by atoms with Crippen molar-refractivity contribution >= 4 is 21.9 Å². The van der Waals surface area contributed by atoms with Crippen molar-refractivity contribution in [1.29, 1.82) is 0 Å². The Balaban J connectivity index is 4.36. The Morgan fingerprint density at radius 2 is 1.78 bits per heavy atom. The number of carboxylic acid groups (broad SMARTS) is 1. The van der Waals surface area contributed by atoms with Gasteiger partial charge in [-0.15, -0.1) is 0 Å². The van der Waals surface area contributed by atoms with Gasteiger partial charge in [-0.3, -0.25) is 9.59 Å². The molecule has 0 rings (SSSR count). The zero-order valence-corrected chi connectivity index (χ0v) is 11.7. The minimum atomic E-state index is -3.62. The van der Waals surface area contributed by atoms with E-state index >= 15 is 0 Å². The molecule has 1 amide bonds. The third-order valence-corrected chi connectivity index (χ3v) is 4.37. The molecule has 0 spiro atoms. The zero-order chi connectivity index (χ0) is 14.3. The van der Waals surface area contributed by atoms with Crippen LogP contribution in [0, 0.1) is 5.92 Å². The smallest absolute Gasteiger partial charge is 0.308 e. The largest absolute Gasteiger partial charge is 0.481 e. The molecular weight excluding hydrogens is 260 g/mol. The zero-order valence-electron chi connectivity index (χ0n) is 10.8. The van der Waals surface area contributed by atoms with Crippen molar-refractivity contribution in [3.05, 3.63) is 0 Å². The Bertz CT molecular complexity index is 389. The van der Waals surface area contributed by atoms with Crippen molar-refractivity contribution in [2.24, 2.45) is 5.92 Å². The van der Waals surface area contributed by atoms with Crippen molar-refractivity contribution < 1.29 is 23.1 Å². The Hall–Kier alpha value is -1.15. The molecule has 0 radical (unpaired) electrons. The third kappa shape index (κ3) is 5.46. The minimum Gasteiger partial charge on any atom is -0.481 e. The van der Waals surface area contributed by atoms with Crippen LogP contribution in [0.1, 0.15) is 20.8 Å². The Morgan fingerprint density at radius 3 is 2.17 bits per heavy atom. The molecule has 0 aromatic heterocycles. The van der Waals surface area contributed by atoms with Gasteiger partial charge < -0.3 is 10.4 Å². The Morgan fingerprint density at radius 1 is 1.28 bits per heavy atom. The predicted octanol–water partition coefficient (Wildman–Crippen LogP) is -0.505. The molecule has 8 heteroatoms. The van der Waals surface area contributed by atoms with Gasteiger partial charge in [0.25, 0.3) is 0 Å². The van der Waals surface area contributed by atoms with Crippen LogP contribution in [0.5, 0.6) is 0 Å². The van der Waals surface area contributed by atoms with E-state index in [0.29, 0.717) is 13.1 Å². The predicted molar refractivity (Wildman–Crippen MR) is 66.5 cm³/mol. The van der Waals surface area contributed by atoms with Crippen molar-refractivity contribution in [3.8, 4) is 0 Å². The van der Waals surface area contributed by atoms with Gasteiger partial charge in [-0.2, -0.15) is 0 Å². The number of carbonyl (C=O) groups is 2. The van der Waals surface area contributed by atoms with Gasteiger partial charge in [0.05, 0.1) is 5.92 Å². The van der Waals surface area contributed by atoms with E-state index in [1.807, 2.05) is 0 Å². The first-order valence-corrected chi connectivity index (χ1v) is 7.32. The number of carboxylic acids is 1. The summed E-state index contributed by atoms with van der Waals surface area (Å²) in [5.74, 6) is -3.12. The molecule has 1 unspecified atom stereocenters. The first kappa shape index (κ1) is 16.9. The fourth-order valence-electron chi connectivity index (χ4n) is 1.28. The highest BCUT2D eigenvalue weighted by Gasteiger charge is 2.23. The molecule has 0 heterocycles. The molecule has 0 aliphatic rings. The molecule has 18 heavy (non-hydrogen) atoms. The monoisotopic (exact) mass is 280 g/mol. The molecule has 0 aliphatic heterocycles. The van der Waals surface area contributed by atoms with E-state index in [-0.39, 0.29) is 6.54 Å². The molecule has 0 saturated heterocycles. The number of carbonyl (C=O) groups excluding carboxylic acids is 1. The van der Waals surface area contributed by atoms with Crippen LogP contribution in [0.2, 0.25) is 0 Å². The highest BCUT2D eigenvalue weighted by molar-refractivity contribution is 7.89. The van der Waals surface area contributed by atoms with Gasteiger partial charge in [-0.1, -0.05) is 20.8 Å². The van der Waals surface area contributed by atoms with E-state index in [1.165, 1.54) is 11.2 Å². The maximum absolute atomic E-state index is 11.7. The van der Waals surface area contributed by atoms with Crippen molar-refractivity contribution in [3.63, 3.8) is 0 Å². The van der Waals surface area contributed by atoms with Gasteiger partial charge in [-0.05, 0) is 0 Å². The SMILES string of the molecule is CCN(CC)S(=O)(=O)CC(=O)NCC(C)C(=O)O. The maximum Gasteiger partial charge on any atom is 0.308 e. The number of hydrogen-bond donors (Lipinski definition) is 2. The minimum absolute atomic E-state index is 0.0814. The molecule has 1 atom stereocenters. The van der Waals surface area contributed by atoms with E-state index < -0.39 is 33.6 Å². The fourth-order valence-corrected chi connectivity index (χ4v) is 2.68. The number of nitrogens with one attached hydrogen (secondary N) is 1. The second-order valence-corrected chi connectivity index (χ2v) is 5.85. The summed E-state index contributed by atoms with van der Waals surface area (Å²) in [5.41, 5.74) is 0. The fraction of sp³-hybridized carbons (Fsp3) is 0.800. The average molecular weight is 280 g/mol. The van der Waals surface area contributed by atoms with Crippen LogP contribution < -0.4 is 5.32 Å². The normalized spacial score (nSPS) is 13.3. The number of amides is 1. The topological polar surface area (TPSA) is 104 Å². The van der Waals surface area contributed by atoms with Gasteiger partial charge in [0.15, 0.2) is 0 Å². The molecule has 7 nitrogen and oxygen atoms in total. The Kier molecular flexibility index (Phi) is 6.85. The van der Waals surface area contributed by atoms with Gasteiger partial charge in [0.1, 0.15) is 5.75 Å². The van der Waals surface area contributed by atoms with E-state index in [0.717, 1.165) is 0 Å². The van der Waals surface area contributed by atoms with Gasteiger partial charge in [0.2, 0.25) is 15.9 Å². The van der Waals surface area contributed by atoms with Crippen molar-refractivity contribution in [1.82, 2.24) is 9.62 Å². The number of nitrogens with zero attached hydrogens (tertiary/aromatic N) is 1. The number of hydrogen-bond acceptors (Lipinski definition) is 4. The lowest BCUT2D eigenvalue weighted by atomic mass is 10.2. The van der Waals surface area contributed by atoms with Crippen LogP contribution in [-0.2, 0) is 19.6 Å². The third-order valence-electron chi connectivity index (χ3n) is 2.44. The molecule has 0 aliphatic carbocycles. The Labute approximate surface area is 107 Å². The summed E-state index contributed by atoms with van der Waals surface area (Å²) in [4.78, 5) is 21.9. The molecule has 2 N–H and O–H groups in total. The lowest BCUT2D eigenvalue weighted by molar-refractivity contribution is -0.141. The highest BCUT2D eigenvalue weighted by Crippen LogP contribution is 2.00. The van der Waals surface area contributed by atoms with Crippen molar-refractivity contribution in [2.45, 2.75) is 20.8 Å². The molecule has 0 bridgehead atoms. The first-order valence-electron chi connectivity index (χ1n) is 5.71. The summed E-state index contributed by atoms with van der Waals surface area (Å²) in [5, 5.41) is 10.9. The highest BCUT2D eigenvalue weighted by atomic mass is 32.2. The van der Waals surface area contributed by atoms with E-state index in [9.17, 15) is 18.0 Å². The van der Waals surface area contributed by atoms with E-state index in [1.54, 1.807) is 13.8 Å². The van der Waals surface area contributed by atoms with Gasteiger partial charge >= 0.3 is 5.97 Å². The summed E-state index contributed by atoms with van der Waals surface area (Å²) < 4.78 is 24.6. The average Bonchev–Trinajstić information content (AvgIpc) is 2.26. The molecule has 0 fully saturated rings. The summed E-state index contributed by atoms with van der Waals surface area (Å²) in [7, 11) is -3.62. The number of sulfonamides is 1. The van der Waals surface area contributed by atoms with Crippen molar-refractivity contribution in [2.75, 3.05) is 25.4 Å². The number of aliphatic carboxylic acids is 1. The van der Waals surface area contributed by atoms with E-state index in [4.69, 9.17) is 5.11 Å². The maximum atomic E-state index is 11.7. The van der Waals surface area contributed by atoms with Gasteiger partial charge in [0, 0.05) is 19.6 Å². The molecule has 0 aromatic carbocycles. The van der Waals surface area contributed by atoms with Crippen LogP contribution in [-0.4, -0.2) is 55.1 Å². The van der Waals surface area contributed by atoms with Gasteiger partial charge in [-0.25, -0.2) is 12.7 Å². The van der Waals surface area contributed by atoms with Crippen LogP contribution in [0.25, 0.3) is 0 Å². The summed E-state index contributed by atoms with van der Waals surface area (Å²) in [6, 6.07) is 0. The van der Waals surface area contributed by atoms with E-state index in [2.05, 4.69) is 5.32 Å². The lowest BCUT2D eigenvalue weighted by Crippen LogP contribution is -2.41. The molecule has 106 valence electrons. The lowest BCUT2D eigenvalue weighted by Gasteiger charge is -2.18. The van der Waals surface area contributed by atoms with Crippen LogP contribution in [0.15, 0.2) is 0 Å².